The van der Waals surface area contributed by atoms with Crippen LogP contribution in [0.15, 0.2) is 4.99 Å². The van der Waals surface area contributed by atoms with Gasteiger partial charge in [-0.2, -0.15) is 0 Å². The quantitative estimate of drug-likeness (QED) is 0.137. The number of unbranched alkanes of at least 4 members (excludes halogenated alkanes) is 14. The highest BCUT2D eigenvalue weighted by Gasteiger charge is 2.23. The number of nitrogens with two attached hydrogens (primary N) is 1. The number of hydrogen-bond donors (Lipinski definition) is 2. The first-order valence-electron chi connectivity index (χ1n) is 13.0. The third-order valence-electron chi connectivity index (χ3n) is 5.67. The molecule has 29 heavy (non-hydrogen) atoms. The molecule has 0 aromatic rings. The molecule has 0 bridgehead atoms. The minimum absolute atomic E-state index is 0.00686. The van der Waals surface area contributed by atoms with Gasteiger partial charge in [0.05, 0.1) is 12.4 Å². The molecule has 1 saturated heterocycles. The van der Waals surface area contributed by atoms with Crippen LogP contribution >= 0.6 is 0 Å². The zero-order valence-corrected chi connectivity index (χ0v) is 20.1. The maximum absolute atomic E-state index is 5.79. The summed E-state index contributed by atoms with van der Waals surface area (Å²) in [5.41, 5.74) is 5.31. The standard InChI is InChI=1S/C23H47N3O.C2H6/c1-2-3-4-5-6-7-8-9-10-11-12-13-14-15-16-19-25-20-22-17-18-23(27-22)26-21-24;1-2/h21-23,25H,2-20H2,1H3,(H2,24,26);1-2H3. The predicted molar refractivity (Wildman–Crippen MR) is 130 cm³/mol. The van der Waals surface area contributed by atoms with E-state index in [9.17, 15) is 0 Å². The molecule has 4 heteroatoms. The van der Waals surface area contributed by atoms with E-state index >= 15 is 0 Å². The Bertz CT molecular complexity index is 336. The van der Waals surface area contributed by atoms with Gasteiger partial charge in [0.15, 0.2) is 6.23 Å². The van der Waals surface area contributed by atoms with Gasteiger partial charge in [0.25, 0.3) is 0 Å². The molecule has 1 heterocycles. The fourth-order valence-electron chi connectivity index (χ4n) is 3.93. The zero-order valence-electron chi connectivity index (χ0n) is 20.1. The van der Waals surface area contributed by atoms with E-state index in [0.717, 1.165) is 25.9 Å². The predicted octanol–water partition coefficient (Wildman–Crippen LogP) is 6.97. The van der Waals surface area contributed by atoms with Crippen molar-refractivity contribution in [2.75, 3.05) is 13.1 Å². The van der Waals surface area contributed by atoms with E-state index in [1.807, 2.05) is 13.8 Å². The molecule has 1 fully saturated rings. The lowest BCUT2D eigenvalue weighted by Gasteiger charge is -2.12. The molecule has 3 N–H and O–H groups in total. The topological polar surface area (TPSA) is 59.6 Å². The Balaban J connectivity index is 0.00000379. The fraction of sp³-hybridized carbons (Fsp3) is 0.960. The summed E-state index contributed by atoms with van der Waals surface area (Å²) in [6, 6.07) is 0. The second kappa shape index (κ2) is 23.7. The largest absolute Gasteiger partial charge is 0.390 e. The highest BCUT2D eigenvalue weighted by molar-refractivity contribution is 5.51. The minimum Gasteiger partial charge on any atom is -0.390 e. The zero-order chi connectivity index (χ0) is 21.4. The van der Waals surface area contributed by atoms with Crippen molar-refractivity contribution in [2.45, 2.75) is 142 Å². The summed E-state index contributed by atoms with van der Waals surface area (Å²) in [5, 5.41) is 3.53. The van der Waals surface area contributed by atoms with E-state index in [4.69, 9.17) is 10.5 Å². The van der Waals surface area contributed by atoms with E-state index in [0.29, 0.717) is 6.10 Å². The molecule has 174 valence electrons. The van der Waals surface area contributed by atoms with Crippen LogP contribution in [-0.4, -0.2) is 31.8 Å². The highest BCUT2D eigenvalue weighted by Crippen LogP contribution is 2.19. The third kappa shape index (κ3) is 19.1. The Morgan fingerprint density at radius 2 is 1.28 bits per heavy atom. The van der Waals surface area contributed by atoms with Crippen molar-refractivity contribution < 1.29 is 4.74 Å². The first kappa shape index (κ1) is 28.4. The number of ether oxygens (including phenoxy) is 1. The summed E-state index contributed by atoms with van der Waals surface area (Å²) >= 11 is 0. The Labute approximate surface area is 182 Å². The average Bonchev–Trinajstić information content (AvgIpc) is 3.19. The van der Waals surface area contributed by atoms with Crippen molar-refractivity contribution in [3.8, 4) is 0 Å². The molecular formula is C25H53N3O. The molecular weight excluding hydrogens is 358 g/mol. The summed E-state index contributed by atoms with van der Waals surface area (Å²) in [5.74, 6) is 0. The SMILES string of the molecule is CC.CCCCCCCCCCCCCCCCCNCC1CCC(/N=C/N)O1. The second-order valence-corrected chi connectivity index (χ2v) is 8.24. The van der Waals surface area contributed by atoms with Crippen LogP contribution in [0.4, 0.5) is 0 Å². The monoisotopic (exact) mass is 411 g/mol. The van der Waals surface area contributed by atoms with Gasteiger partial charge in [0, 0.05) is 6.54 Å². The van der Waals surface area contributed by atoms with Crippen molar-refractivity contribution >= 4 is 6.34 Å². The number of nitrogens with zero attached hydrogens (tertiary/aromatic N) is 1. The fourth-order valence-corrected chi connectivity index (χ4v) is 3.93. The van der Waals surface area contributed by atoms with Crippen LogP contribution in [0.1, 0.15) is 130 Å². The van der Waals surface area contributed by atoms with Gasteiger partial charge >= 0.3 is 0 Å². The highest BCUT2D eigenvalue weighted by atomic mass is 16.5. The number of aliphatic imine (C=N–C) groups is 1. The molecule has 1 rings (SSSR count). The van der Waals surface area contributed by atoms with E-state index in [1.54, 1.807) is 0 Å². The Hall–Kier alpha value is -0.610. The number of nitrogens with one attached hydrogen (secondary N) is 1. The van der Waals surface area contributed by atoms with Crippen LogP contribution in [0.5, 0.6) is 0 Å². The van der Waals surface area contributed by atoms with E-state index < -0.39 is 0 Å². The Morgan fingerprint density at radius 1 is 0.793 bits per heavy atom. The third-order valence-corrected chi connectivity index (χ3v) is 5.67. The average molecular weight is 412 g/mol. The molecule has 0 spiro atoms. The summed E-state index contributed by atoms with van der Waals surface area (Å²) in [4.78, 5) is 4.10. The molecule has 0 aromatic heterocycles. The van der Waals surface area contributed by atoms with Crippen LogP contribution in [-0.2, 0) is 4.74 Å². The molecule has 1 aliphatic heterocycles. The normalized spacial score (nSPS) is 18.9. The molecule has 0 amide bonds. The molecule has 1 aliphatic rings. The number of hydrogen-bond acceptors (Lipinski definition) is 3. The lowest BCUT2D eigenvalue weighted by atomic mass is 10.0. The van der Waals surface area contributed by atoms with Gasteiger partial charge in [-0.25, -0.2) is 4.99 Å². The molecule has 0 aliphatic carbocycles. The van der Waals surface area contributed by atoms with Crippen molar-refractivity contribution in [3.05, 3.63) is 0 Å². The molecule has 0 saturated carbocycles. The van der Waals surface area contributed by atoms with Crippen LogP contribution in [0.25, 0.3) is 0 Å². The minimum atomic E-state index is -0.00686. The van der Waals surface area contributed by atoms with Crippen molar-refractivity contribution in [1.82, 2.24) is 5.32 Å². The maximum Gasteiger partial charge on any atom is 0.150 e. The Kier molecular flexibility index (Phi) is 23.2. The lowest BCUT2D eigenvalue weighted by molar-refractivity contribution is 0.0511. The summed E-state index contributed by atoms with van der Waals surface area (Å²) in [7, 11) is 0. The van der Waals surface area contributed by atoms with Crippen LogP contribution in [0, 0.1) is 0 Å². The molecule has 2 atom stereocenters. The Morgan fingerprint density at radius 3 is 1.76 bits per heavy atom. The first-order valence-corrected chi connectivity index (χ1v) is 13.0. The maximum atomic E-state index is 5.79. The van der Waals surface area contributed by atoms with Gasteiger partial charge in [0.1, 0.15) is 0 Å². The van der Waals surface area contributed by atoms with Gasteiger partial charge in [0.2, 0.25) is 0 Å². The number of rotatable bonds is 19. The van der Waals surface area contributed by atoms with Crippen molar-refractivity contribution in [2.24, 2.45) is 10.7 Å². The van der Waals surface area contributed by atoms with Crippen molar-refractivity contribution in [1.29, 1.82) is 0 Å². The smallest absolute Gasteiger partial charge is 0.150 e. The summed E-state index contributed by atoms with van der Waals surface area (Å²) < 4.78 is 5.79. The van der Waals surface area contributed by atoms with Crippen LogP contribution in [0.3, 0.4) is 0 Å². The van der Waals surface area contributed by atoms with Crippen molar-refractivity contribution in [3.63, 3.8) is 0 Å². The molecule has 2 unspecified atom stereocenters. The molecule has 4 nitrogen and oxygen atoms in total. The van der Waals surface area contributed by atoms with Gasteiger partial charge in [-0.05, 0) is 25.8 Å². The summed E-state index contributed by atoms with van der Waals surface area (Å²) in [6.45, 7) is 8.36. The van der Waals surface area contributed by atoms with E-state index in [2.05, 4.69) is 17.2 Å². The second-order valence-electron chi connectivity index (χ2n) is 8.24. The molecule has 0 aromatic carbocycles. The first-order chi connectivity index (χ1) is 14.4. The van der Waals surface area contributed by atoms with Gasteiger partial charge < -0.3 is 15.8 Å². The lowest BCUT2D eigenvalue weighted by Crippen LogP contribution is -2.27. The van der Waals surface area contributed by atoms with E-state index in [1.165, 1.54) is 103 Å². The van der Waals surface area contributed by atoms with Crippen LogP contribution < -0.4 is 11.1 Å². The van der Waals surface area contributed by atoms with Crippen LogP contribution in [0.2, 0.25) is 0 Å². The van der Waals surface area contributed by atoms with Gasteiger partial charge in [-0.1, -0.05) is 111 Å². The molecule has 0 radical (unpaired) electrons. The van der Waals surface area contributed by atoms with Gasteiger partial charge in [-0.3, -0.25) is 0 Å². The summed E-state index contributed by atoms with van der Waals surface area (Å²) in [6.07, 6.45) is 25.1. The van der Waals surface area contributed by atoms with E-state index in [-0.39, 0.29) is 6.23 Å². The van der Waals surface area contributed by atoms with Gasteiger partial charge in [-0.15, -0.1) is 0 Å².